The van der Waals surface area contributed by atoms with Crippen LogP contribution in [0.25, 0.3) is 0 Å². The van der Waals surface area contributed by atoms with Crippen LogP contribution in [-0.4, -0.2) is 48.9 Å². The molecule has 10 heteroatoms. The Hall–Kier alpha value is -2.20. The molecule has 0 aromatic heterocycles. The average Bonchev–Trinajstić information content (AvgIpc) is 2.91. The highest BCUT2D eigenvalue weighted by molar-refractivity contribution is 7.89. The fourth-order valence-electron chi connectivity index (χ4n) is 2.42. The number of aliphatic carboxylic acids is 1. The maximum atomic E-state index is 12.6. The summed E-state index contributed by atoms with van der Waals surface area (Å²) in [6.45, 7) is 1.34. The van der Waals surface area contributed by atoms with Crippen LogP contribution < -0.4 is 4.74 Å². The highest BCUT2D eigenvalue weighted by Crippen LogP contribution is 2.36. The first kappa shape index (κ1) is 17.2. The minimum Gasteiger partial charge on any atom is -0.490 e. The lowest BCUT2D eigenvalue weighted by atomic mass is 9.90. The minimum atomic E-state index is -4.01. The zero-order chi connectivity index (χ0) is 17.4. The fraction of sp³-hybridized carbons (Fsp3) is 0.462. The monoisotopic (exact) mass is 344 g/mol. The molecule has 1 aromatic carbocycles. The standard InChI is InChI=1S/C13H16N2O7S/c1-13(12(16)17)5-6-14(8-13)23(20,21)9-3-4-11(22-2)10(7-9)15(18)19/h3-4,7H,5-6,8H2,1-2H3,(H,16,17). The van der Waals surface area contributed by atoms with Crippen molar-refractivity contribution >= 4 is 21.7 Å². The number of benzene rings is 1. The van der Waals surface area contributed by atoms with E-state index in [1.165, 1.54) is 26.2 Å². The van der Waals surface area contributed by atoms with E-state index in [0.29, 0.717) is 0 Å². The van der Waals surface area contributed by atoms with E-state index in [4.69, 9.17) is 4.74 Å². The van der Waals surface area contributed by atoms with Crippen LogP contribution in [0, 0.1) is 15.5 Å². The van der Waals surface area contributed by atoms with Gasteiger partial charge in [-0.25, -0.2) is 8.42 Å². The van der Waals surface area contributed by atoms with Crippen LogP contribution in [0.15, 0.2) is 23.1 Å². The highest BCUT2D eigenvalue weighted by Gasteiger charge is 2.45. The molecule has 0 spiro atoms. The van der Waals surface area contributed by atoms with Crippen LogP contribution in [0.4, 0.5) is 5.69 Å². The molecule has 1 saturated heterocycles. The molecule has 0 bridgehead atoms. The van der Waals surface area contributed by atoms with Crippen LogP contribution in [0.1, 0.15) is 13.3 Å². The van der Waals surface area contributed by atoms with Gasteiger partial charge in [-0.15, -0.1) is 0 Å². The number of carbonyl (C=O) groups is 1. The number of nitrogens with zero attached hydrogens (tertiary/aromatic N) is 2. The number of carboxylic acids is 1. The summed E-state index contributed by atoms with van der Waals surface area (Å²) in [4.78, 5) is 21.2. The fourth-order valence-corrected chi connectivity index (χ4v) is 4.01. The Morgan fingerprint density at radius 2 is 2.13 bits per heavy atom. The SMILES string of the molecule is COc1ccc(S(=O)(=O)N2CCC(C)(C(=O)O)C2)cc1[N+](=O)[O-]. The van der Waals surface area contributed by atoms with Crippen molar-refractivity contribution in [3.63, 3.8) is 0 Å². The molecule has 1 aromatic rings. The largest absolute Gasteiger partial charge is 0.490 e. The molecule has 2 rings (SSSR count). The molecule has 126 valence electrons. The first-order valence-electron chi connectivity index (χ1n) is 6.68. The van der Waals surface area contributed by atoms with Gasteiger partial charge in [0.15, 0.2) is 5.75 Å². The summed E-state index contributed by atoms with van der Waals surface area (Å²) >= 11 is 0. The Morgan fingerprint density at radius 1 is 1.48 bits per heavy atom. The zero-order valence-corrected chi connectivity index (χ0v) is 13.4. The molecule has 1 aliphatic rings. The summed E-state index contributed by atoms with van der Waals surface area (Å²) in [6.07, 6.45) is 0.180. The molecule has 9 nitrogen and oxygen atoms in total. The van der Waals surface area contributed by atoms with E-state index in [1.54, 1.807) is 0 Å². The van der Waals surface area contributed by atoms with Crippen LogP contribution in [0.5, 0.6) is 5.75 Å². The molecule has 0 amide bonds. The van der Waals surface area contributed by atoms with Gasteiger partial charge in [0.2, 0.25) is 10.0 Å². The van der Waals surface area contributed by atoms with Crippen molar-refractivity contribution in [3.8, 4) is 5.75 Å². The smallest absolute Gasteiger partial charge is 0.312 e. The lowest BCUT2D eigenvalue weighted by molar-refractivity contribution is -0.386. The average molecular weight is 344 g/mol. The van der Waals surface area contributed by atoms with Crippen molar-refractivity contribution < 1.29 is 28.0 Å². The highest BCUT2D eigenvalue weighted by atomic mass is 32.2. The Morgan fingerprint density at radius 3 is 2.61 bits per heavy atom. The second kappa shape index (κ2) is 5.78. The number of hydrogen-bond acceptors (Lipinski definition) is 6. The molecule has 1 N–H and O–H groups in total. The van der Waals surface area contributed by atoms with Crippen molar-refractivity contribution in [2.75, 3.05) is 20.2 Å². The molecule has 1 aliphatic heterocycles. The Balaban J connectivity index is 2.40. The lowest BCUT2D eigenvalue weighted by Gasteiger charge is -2.20. The molecule has 1 heterocycles. The molecule has 1 atom stereocenters. The number of hydrogen-bond donors (Lipinski definition) is 1. The van der Waals surface area contributed by atoms with Crippen LogP contribution in [0.3, 0.4) is 0 Å². The van der Waals surface area contributed by atoms with Crippen molar-refractivity contribution in [1.29, 1.82) is 0 Å². The third-order valence-electron chi connectivity index (χ3n) is 3.94. The van der Waals surface area contributed by atoms with Crippen LogP contribution in [0.2, 0.25) is 0 Å². The topological polar surface area (TPSA) is 127 Å². The summed E-state index contributed by atoms with van der Waals surface area (Å²) < 4.78 is 31.0. The lowest BCUT2D eigenvalue weighted by Crippen LogP contribution is -2.34. The molecule has 1 unspecified atom stereocenters. The van der Waals surface area contributed by atoms with Crippen LogP contribution in [-0.2, 0) is 14.8 Å². The normalized spacial score (nSPS) is 22.0. The van der Waals surface area contributed by atoms with Gasteiger partial charge in [0.25, 0.3) is 0 Å². The van der Waals surface area contributed by atoms with E-state index >= 15 is 0 Å². The number of carboxylic acid groups (broad SMARTS) is 1. The van der Waals surface area contributed by atoms with Gasteiger partial charge in [-0.3, -0.25) is 14.9 Å². The summed E-state index contributed by atoms with van der Waals surface area (Å²) in [5, 5.41) is 20.2. The van der Waals surface area contributed by atoms with Gasteiger partial charge in [-0.1, -0.05) is 0 Å². The predicted molar refractivity (Wildman–Crippen MR) is 78.8 cm³/mol. The molecular formula is C13H16N2O7S. The number of sulfonamides is 1. The van der Waals surface area contributed by atoms with E-state index in [9.17, 15) is 28.4 Å². The third-order valence-corrected chi connectivity index (χ3v) is 5.78. The van der Waals surface area contributed by atoms with Gasteiger partial charge >= 0.3 is 11.7 Å². The van der Waals surface area contributed by atoms with Crippen molar-refractivity contribution in [2.24, 2.45) is 5.41 Å². The van der Waals surface area contributed by atoms with Crippen molar-refractivity contribution in [3.05, 3.63) is 28.3 Å². The quantitative estimate of drug-likeness (QED) is 0.625. The Bertz CT molecular complexity index is 762. The van der Waals surface area contributed by atoms with Gasteiger partial charge in [0, 0.05) is 19.2 Å². The molecule has 23 heavy (non-hydrogen) atoms. The Labute approximate surface area is 132 Å². The van der Waals surface area contributed by atoms with E-state index in [-0.39, 0.29) is 30.2 Å². The van der Waals surface area contributed by atoms with Gasteiger partial charge in [-0.05, 0) is 25.5 Å². The van der Waals surface area contributed by atoms with Crippen LogP contribution >= 0.6 is 0 Å². The summed E-state index contributed by atoms with van der Waals surface area (Å²) in [5.41, 5.74) is -1.63. The van der Waals surface area contributed by atoms with Gasteiger partial charge in [0.05, 0.1) is 22.3 Å². The molecule has 0 radical (unpaired) electrons. The second-order valence-electron chi connectivity index (χ2n) is 5.55. The van der Waals surface area contributed by atoms with E-state index in [0.717, 1.165) is 10.4 Å². The molecule has 1 fully saturated rings. The first-order chi connectivity index (χ1) is 10.6. The summed E-state index contributed by atoms with van der Waals surface area (Å²) in [7, 11) is -2.77. The second-order valence-corrected chi connectivity index (χ2v) is 7.48. The zero-order valence-electron chi connectivity index (χ0n) is 12.6. The molecular weight excluding hydrogens is 328 g/mol. The maximum Gasteiger partial charge on any atom is 0.312 e. The van der Waals surface area contributed by atoms with Gasteiger partial charge < -0.3 is 9.84 Å². The summed E-state index contributed by atoms with van der Waals surface area (Å²) in [6, 6.07) is 3.33. The predicted octanol–water partition coefficient (Wildman–Crippen LogP) is 1.09. The number of nitro benzene ring substituents is 1. The minimum absolute atomic E-state index is 0.0466. The number of rotatable bonds is 5. The Kier molecular flexibility index (Phi) is 4.31. The van der Waals surface area contributed by atoms with E-state index in [2.05, 4.69) is 0 Å². The first-order valence-corrected chi connectivity index (χ1v) is 8.12. The van der Waals surface area contributed by atoms with Gasteiger partial charge in [0.1, 0.15) is 0 Å². The van der Waals surface area contributed by atoms with Gasteiger partial charge in [-0.2, -0.15) is 4.31 Å². The van der Waals surface area contributed by atoms with Crippen molar-refractivity contribution in [1.82, 2.24) is 4.31 Å². The number of nitro groups is 1. The van der Waals surface area contributed by atoms with E-state index < -0.39 is 32.0 Å². The number of ether oxygens (including phenoxy) is 1. The molecule has 0 aliphatic carbocycles. The van der Waals surface area contributed by atoms with Crippen molar-refractivity contribution in [2.45, 2.75) is 18.2 Å². The molecule has 0 saturated carbocycles. The summed E-state index contributed by atoms with van der Waals surface area (Å²) in [5.74, 6) is -1.12. The maximum absolute atomic E-state index is 12.6. The van der Waals surface area contributed by atoms with E-state index in [1.807, 2.05) is 0 Å². The third kappa shape index (κ3) is 2.99. The number of methoxy groups -OCH3 is 1.